The number of hydrogen-bond donors (Lipinski definition) is 5. The lowest BCUT2D eigenvalue weighted by Gasteiger charge is -2.19. The van der Waals surface area contributed by atoms with Gasteiger partial charge in [0, 0.05) is 6.54 Å². The number of aromatic amines is 1. The molecule has 0 radical (unpaired) electrons. The molecule has 0 spiro atoms. The molecule has 2 aromatic heterocycles. The predicted octanol–water partition coefficient (Wildman–Crippen LogP) is -2.29. The molecule has 3 rings (SSSR count). The third-order valence-corrected chi connectivity index (χ3v) is 4.94. The summed E-state index contributed by atoms with van der Waals surface area (Å²) in [7, 11) is -3.41. The third-order valence-electron chi connectivity index (χ3n) is 4.46. The quantitative estimate of drug-likeness (QED) is 0.235. The third kappa shape index (κ3) is 4.67. The van der Waals surface area contributed by atoms with E-state index in [-0.39, 0.29) is 17.1 Å². The first kappa shape index (κ1) is 21.8. The molecule has 0 saturated carbocycles. The Morgan fingerprint density at radius 3 is 2.79 bits per heavy atom. The van der Waals surface area contributed by atoms with Crippen LogP contribution in [0.15, 0.2) is 11.1 Å². The van der Waals surface area contributed by atoms with Crippen molar-refractivity contribution in [2.24, 2.45) is 13.0 Å². The molecule has 29 heavy (non-hydrogen) atoms. The van der Waals surface area contributed by atoms with Crippen LogP contribution >= 0.6 is 7.82 Å². The summed E-state index contributed by atoms with van der Waals surface area (Å²) in [6.45, 7) is 3.86. The summed E-state index contributed by atoms with van der Waals surface area (Å²) in [4.78, 5) is 39.0. The first-order valence-corrected chi connectivity index (χ1v) is 10.4. The molecule has 1 fully saturated rings. The topological polar surface area (TPSA) is 186 Å². The van der Waals surface area contributed by atoms with E-state index in [2.05, 4.69) is 19.8 Å². The fourth-order valence-electron chi connectivity index (χ4n) is 3.09. The van der Waals surface area contributed by atoms with Gasteiger partial charge in [0.05, 0.1) is 13.7 Å². The maximum absolute atomic E-state index is 12.5. The Kier molecular flexibility index (Phi) is 6.11. The molecule has 0 aliphatic carbocycles. The van der Waals surface area contributed by atoms with E-state index in [1.54, 1.807) is 7.05 Å². The van der Waals surface area contributed by atoms with Crippen LogP contribution in [0.3, 0.4) is 0 Å². The maximum Gasteiger partial charge on any atom is 0.313 e. The normalized spacial score (nSPS) is 26.9. The van der Waals surface area contributed by atoms with Crippen molar-refractivity contribution in [3.8, 4) is 0 Å². The number of H-pyrrole nitrogens is 1. The van der Waals surface area contributed by atoms with Gasteiger partial charge in [-0.05, 0) is 5.92 Å². The number of phosphoric ester groups is 1. The number of fused-ring (bicyclic) bond motifs is 1. The van der Waals surface area contributed by atoms with Gasteiger partial charge in [0.1, 0.15) is 18.3 Å². The minimum absolute atomic E-state index is 0.192. The van der Waals surface area contributed by atoms with E-state index in [1.165, 1.54) is 15.5 Å². The first-order chi connectivity index (χ1) is 13.5. The monoisotopic (exact) mass is 433 g/mol. The second-order valence-electron chi connectivity index (χ2n) is 7.31. The van der Waals surface area contributed by atoms with Gasteiger partial charge in [-0.15, -0.1) is 0 Å². The van der Waals surface area contributed by atoms with Gasteiger partial charge in [-0.3, -0.25) is 18.9 Å². The van der Waals surface area contributed by atoms with E-state index in [0.29, 0.717) is 12.5 Å². The van der Waals surface area contributed by atoms with Crippen LogP contribution in [0.25, 0.3) is 11.2 Å². The first-order valence-electron chi connectivity index (χ1n) is 8.92. The van der Waals surface area contributed by atoms with Gasteiger partial charge in [0.2, 0.25) is 11.7 Å². The molecule has 1 aliphatic heterocycles. The molecule has 13 nitrogen and oxygen atoms in total. The van der Waals surface area contributed by atoms with Crippen LogP contribution in [0.5, 0.6) is 0 Å². The van der Waals surface area contributed by atoms with E-state index in [0.717, 1.165) is 0 Å². The van der Waals surface area contributed by atoms with Crippen molar-refractivity contribution in [3.63, 3.8) is 0 Å². The number of aliphatic hydroxyl groups excluding tert-OH is 2. The highest BCUT2D eigenvalue weighted by atomic mass is 31.2. The van der Waals surface area contributed by atoms with Crippen molar-refractivity contribution >= 4 is 24.9 Å². The van der Waals surface area contributed by atoms with Crippen molar-refractivity contribution < 1.29 is 38.4 Å². The molecular weight excluding hydrogens is 409 g/mol. The van der Waals surface area contributed by atoms with Gasteiger partial charge in [-0.1, -0.05) is 18.8 Å². The van der Waals surface area contributed by atoms with Gasteiger partial charge in [0.25, 0.3) is 19.3 Å². The molecule has 0 aromatic carbocycles. The maximum atomic E-state index is 12.5. The largest absolute Gasteiger partial charge is 0.756 e. The molecule has 0 amide bonds. The molecule has 5 N–H and O–H groups in total. The highest BCUT2D eigenvalue weighted by Gasteiger charge is 2.47. The summed E-state index contributed by atoms with van der Waals surface area (Å²) < 4.78 is 23.5. The Labute approximate surface area is 165 Å². The number of nitrogens with one attached hydrogen (secondary N) is 2. The van der Waals surface area contributed by atoms with Crippen LogP contribution in [0, 0.1) is 5.92 Å². The summed E-state index contributed by atoms with van der Waals surface area (Å²) in [5, 5.41) is 23.6. The standard InChI is InChI=1S/C15H24N5O8P/c1-7(2)4-16-15-17-12-9(13(23)18-15)19(3)6-20(12)14-11(22)10(21)8(28-14)5-27-29(24,25)26/h6-8,10-11,14,21-22H,4-5H2,1-3H3,(H3-,16,17,18,23,24,25,26)/t8-,10-,11-,14-/m1/s1. The second-order valence-corrected chi connectivity index (χ2v) is 8.50. The fourth-order valence-corrected chi connectivity index (χ4v) is 3.42. The summed E-state index contributed by atoms with van der Waals surface area (Å²) in [5.74, 6) is 0.537. The van der Waals surface area contributed by atoms with E-state index < -0.39 is 44.5 Å². The number of aromatic nitrogens is 4. The van der Waals surface area contributed by atoms with Crippen LogP contribution in [0.4, 0.5) is 5.95 Å². The highest BCUT2D eigenvalue weighted by Crippen LogP contribution is 2.34. The molecule has 14 heteroatoms. The number of nitrogens with zero attached hydrogens (tertiary/aromatic N) is 3. The van der Waals surface area contributed by atoms with Gasteiger partial charge in [-0.2, -0.15) is 0 Å². The molecule has 0 bridgehead atoms. The Hall–Kier alpha value is -1.86. The van der Waals surface area contributed by atoms with E-state index in [4.69, 9.17) is 9.63 Å². The van der Waals surface area contributed by atoms with Crippen LogP contribution in [0.1, 0.15) is 20.1 Å². The average Bonchev–Trinajstić information content (AvgIpc) is 3.08. The smallest absolute Gasteiger partial charge is 0.313 e. The Bertz CT molecular complexity index is 985. The molecule has 1 unspecified atom stereocenters. The molecule has 3 heterocycles. The Morgan fingerprint density at radius 1 is 1.48 bits per heavy atom. The van der Waals surface area contributed by atoms with Gasteiger partial charge < -0.3 is 34.6 Å². The van der Waals surface area contributed by atoms with Crippen molar-refractivity contribution in [2.75, 3.05) is 18.5 Å². The summed E-state index contributed by atoms with van der Waals surface area (Å²) in [6.07, 6.45) is -3.88. The van der Waals surface area contributed by atoms with Crippen LogP contribution in [0.2, 0.25) is 0 Å². The molecule has 2 aromatic rings. The Morgan fingerprint density at radius 2 is 2.17 bits per heavy atom. The second kappa shape index (κ2) is 8.11. The van der Waals surface area contributed by atoms with Crippen molar-refractivity contribution in [1.29, 1.82) is 0 Å². The number of imidazole rings is 1. The van der Waals surface area contributed by atoms with Crippen molar-refractivity contribution in [3.05, 3.63) is 16.7 Å². The van der Waals surface area contributed by atoms with Crippen LogP contribution in [-0.2, 0) is 20.9 Å². The number of ether oxygens (including phenoxy) is 1. The summed E-state index contributed by atoms with van der Waals surface area (Å²) in [5.41, 5.74) is -0.00974. The molecule has 5 atom stereocenters. The molecule has 1 saturated heterocycles. The average molecular weight is 433 g/mol. The van der Waals surface area contributed by atoms with E-state index >= 15 is 0 Å². The summed E-state index contributed by atoms with van der Waals surface area (Å²) >= 11 is 0. The SMILES string of the molecule is CC(C)CNc1nc2c(c(=O)[nH]1)n(C)c[n+]2[C@@H]1O[C@H](COP(=O)([O-])O)[C@@H](O)[C@H]1O. The Balaban J connectivity index is 1.94. The lowest BCUT2D eigenvalue weighted by atomic mass is 10.1. The van der Waals surface area contributed by atoms with Crippen molar-refractivity contribution in [1.82, 2.24) is 14.5 Å². The van der Waals surface area contributed by atoms with E-state index in [9.17, 15) is 24.5 Å². The number of hydrogen-bond acceptors (Lipinski definition) is 9. The fraction of sp³-hybridized carbons (Fsp3) is 0.667. The number of anilines is 1. The van der Waals surface area contributed by atoms with Crippen molar-refractivity contribution in [2.45, 2.75) is 38.4 Å². The lowest BCUT2D eigenvalue weighted by Crippen LogP contribution is -2.46. The molecule has 1 aliphatic rings. The number of aryl methyl sites for hydroxylation is 1. The summed E-state index contributed by atoms with van der Waals surface area (Å²) in [6, 6.07) is 0. The highest BCUT2D eigenvalue weighted by molar-refractivity contribution is 7.44. The number of aliphatic hydroxyl groups is 2. The predicted molar refractivity (Wildman–Crippen MR) is 96.6 cm³/mol. The lowest BCUT2D eigenvalue weighted by molar-refractivity contribution is -0.745. The number of phosphoric acid groups is 1. The van der Waals surface area contributed by atoms with Crippen LogP contribution in [-0.4, -0.2) is 61.1 Å². The van der Waals surface area contributed by atoms with Crippen LogP contribution < -0.4 is 20.3 Å². The van der Waals surface area contributed by atoms with Gasteiger partial charge >= 0.3 is 5.65 Å². The van der Waals surface area contributed by atoms with E-state index in [1.807, 2.05) is 13.8 Å². The minimum atomic E-state index is -5.02. The zero-order valence-electron chi connectivity index (χ0n) is 16.1. The minimum Gasteiger partial charge on any atom is -0.756 e. The zero-order valence-corrected chi connectivity index (χ0v) is 16.9. The zero-order chi connectivity index (χ0) is 21.5. The molecule has 162 valence electrons. The number of rotatable bonds is 7. The van der Waals surface area contributed by atoms with Gasteiger partial charge in [0.15, 0.2) is 6.33 Å². The molecular formula is C15H24N5O8P. The van der Waals surface area contributed by atoms with Gasteiger partial charge in [-0.25, -0.2) is 4.57 Å².